The molecular weight excluding hydrogens is 274 g/mol. The average Bonchev–Trinajstić information content (AvgIpc) is 2.53. The van der Waals surface area contributed by atoms with E-state index in [1.807, 2.05) is 18.2 Å². The van der Waals surface area contributed by atoms with Crippen LogP contribution in [-0.4, -0.2) is 44.2 Å². The van der Waals surface area contributed by atoms with Crippen LogP contribution in [0.4, 0.5) is 0 Å². The first-order valence-corrected chi connectivity index (χ1v) is 6.89. The van der Waals surface area contributed by atoms with Crippen molar-refractivity contribution in [2.75, 3.05) is 26.3 Å². The second kappa shape index (κ2) is 6.01. The predicted octanol–water partition coefficient (Wildman–Crippen LogP) is -0.838. The first-order chi connectivity index (χ1) is 10.2. The number of carbonyl (C=O) groups excluding carboxylic acids is 2. The van der Waals surface area contributed by atoms with Crippen LogP contribution in [0.25, 0.3) is 0 Å². The lowest BCUT2D eigenvalue weighted by Gasteiger charge is -2.23. The molecular formula is C14H17N3O4. The Kier molecular flexibility index (Phi) is 3.92. The largest absolute Gasteiger partial charge is 0.486 e. The third kappa shape index (κ3) is 3.25. The van der Waals surface area contributed by atoms with Gasteiger partial charge in [0.2, 0.25) is 11.8 Å². The molecule has 0 radical (unpaired) electrons. The van der Waals surface area contributed by atoms with Crippen molar-refractivity contribution in [3.05, 3.63) is 23.8 Å². The average molecular weight is 291 g/mol. The van der Waals surface area contributed by atoms with Gasteiger partial charge in [0.15, 0.2) is 11.5 Å². The van der Waals surface area contributed by atoms with Gasteiger partial charge in [-0.25, -0.2) is 0 Å². The van der Waals surface area contributed by atoms with Gasteiger partial charge in [-0.05, 0) is 17.7 Å². The molecule has 1 atom stereocenters. The highest BCUT2D eigenvalue weighted by Gasteiger charge is 2.23. The van der Waals surface area contributed by atoms with Crippen LogP contribution in [0, 0.1) is 0 Å². The number of ether oxygens (including phenoxy) is 2. The highest BCUT2D eigenvalue weighted by molar-refractivity contribution is 5.86. The third-order valence-electron chi connectivity index (χ3n) is 3.40. The molecule has 2 aliphatic rings. The molecule has 0 saturated carbocycles. The number of hydrogen-bond donors (Lipinski definition) is 3. The Morgan fingerprint density at radius 2 is 2.10 bits per heavy atom. The summed E-state index contributed by atoms with van der Waals surface area (Å²) in [7, 11) is 0. The zero-order valence-electron chi connectivity index (χ0n) is 11.5. The maximum Gasteiger partial charge on any atom is 0.239 e. The van der Waals surface area contributed by atoms with E-state index >= 15 is 0 Å². The maximum absolute atomic E-state index is 12.0. The fourth-order valence-electron chi connectivity index (χ4n) is 2.26. The van der Waals surface area contributed by atoms with E-state index in [-0.39, 0.29) is 24.4 Å². The Morgan fingerprint density at radius 1 is 1.29 bits per heavy atom. The van der Waals surface area contributed by atoms with Crippen molar-refractivity contribution in [3.8, 4) is 11.5 Å². The van der Waals surface area contributed by atoms with Gasteiger partial charge < -0.3 is 20.1 Å². The molecule has 1 fully saturated rings. The molecule has 1 saturated heterocycles. The Bertz CT molecular complexity index is 551. The summed E-state index contributed by atoms with van der Waals surface area (Å²) in [6.07, 6.45) is 0. The molecule has 2 heterocycles. The summed E-state index contributed by atoms with van der Waals surface area (Å²) in [6, 6.07) is 5.21. The number of fused-ring (bicyclic) bond motifs is 1. The summed E-state index contributed by atoms with van der Waals surface area (Å²) in [6.45, 7) is 1.98. The fraction of sp³-hybridized carbons (Fsp3) is 0.429. The van der Waals surface area contributed by atoms with Gasteiger partial charge in [0.05, 0.1) is 6.54 Å². The summed E-state index contributed by atoms with van der Waals surface area (Å²) in [5, 5.41) is 8.38. The Hall–Kier alpha value is -2.28. The molecule has 7 nitrogen and oxygen atoms in total. The van der Waals surface area contributed by atoms with Crippen LogP contribution in [0.5, 0.6) is 11.5 Å². The van der Waals surface area contributed by atoms with Crippen LogP contribution in [0.2, 0.25) is 0 Å². The molecule has 2 amide bonds. The Morgan fingerprint density at radius 3 is 2.86 bits per heavy atom. The topological polar surface area (TPSA) is 88.7 Å². The quantitative estimate of drug-likeness (QED) is 0.676. The van der Waals surface area contributed by atoms with Gasteiger partial charge in [-0.1, -0.05) is 6.07 Å². The molecule has 0 bridgehead atoms. The molecule has 112 valence electrons. The van der Waals surface area contributed by atoms with Gasteiger partial charge in [0.1, 0.15) is 19.3 Å². The maximum atomic E-state index is 12.0. The third-order valence-corrected chi connectivity index (χ3v) is 3.40. The number of hydrogen-bond acceptors (Lipinski definition) is 5. The monoisotopic (exact) mass is 291 g/mol. The lowest BCUT2D eigenvalue weighted by Crippen LogP contribution is -2.57. The number of carbonyl (C=O) groups is 2. The van der Waals surface area contributed by atoms with Crippen LogP contribution in [-0.2, 0) is 16.1 Å². The van der Waals surface area contributed by atoms with E-state index < -0.39 is 0 Å². The van der Waals surface area contributed by atoms with Crippen LogP contribution in [0.15, 0.2) is 18.2 Å². The fourth-order valence-corrected chi connectivity index (χ4v) is 2.26. The lowest BCUT2D eigenvalue weighted by molar-refractivity contribution is -0.126. The number of amides is 2. The van der Waals surface area contributed by atoms with Crippen molar-refractivity contribution in [2.24, 2.45) is 0 Å². The first kappa shape index (κ1) is 13.7. The standard InChI is InChI=1S/C14H17N3O4/c18-13-8-15-10(7-16-13)14(19)17-6-9-1-2-11-12(5-9)21-4-3-20-11/h1-2,5,10,15H,3-4,6-8H2,(H,16,18)(H,17,19). The number of piperazine rings is 1. The van der Waals surface area contributed by atoms with Gasteiger partial charge in [-0.15, -0.1) is 0 Å². The van der Waals surface area contributed by atoms with E-state index in [1.165, 1.54) is 0 Å². The lowest BCUT2D eigenvalue weighted by atomic mass is 10.1. The van der Waals surface area contributed by atoms with Crippen molar-refractivity contribution >= 4 is 11.8 Å². The van der Waals surface area contributed by atoms with Crippen LogP contribution in [0.3, 0.4) is 0 Å². The van der Waals surface area contributed by atoms with E-state index in [1.54, 1.807) is 0 Å². The summed E-state index contributed by atoms with van der Waals surface area (Å²) in [4.78, 5) is 23.0. The molecule has 1 unspecified atom stereocenters. The highest BCUT2D eigenvalue weighted by Crippen LogP contribution is 2.30. The van der Waals surface area contributed by atoms with Crippen molar-refractivity contribution in [1.82, 2.24) is 16.0 Å². The zero-order chi connectivity index (χ0) is 14.7. The second-order valence-electron chi connectivity index (χ2n) is 4.93. The van der Waals surface area contributed by atoms with Crippen LogP contribution < -0.4 is 25.4 Å². The van der Waals surface area contributed by atoms with Gasteiger partial charge in [0, 0.05) is 13.1 Å². The van der Waals surface area contributed by atoms with Gasteiger partial charge in [-0.3, -0.25) is 14.9 Å². The normalized spacial score (nSPS) is 20.6. The smallest absolute Gasteiger partial charge is 0.239 e. The molecule has 2 aliphatic heterocycles. The molecule has 1 aromatic rings. The molecule has 0 aliphatic carbocycles. The Balaban J connectivity index is 1.55. The van der Waals surface area contributed by atoms with Crippen molar-refractivity contribution in [2.45, 2.75) is 12.6 Å². The minimum absolute atomic E-state index is 0.0918. The molecule has 0 aromatic heterocycles. The predicted molar refractivity (Wildman–Crippen MR) is 74.1 cm³/mol. The van der Waals surface area contributed by atoms with E-state index in [0.29, 0.717) is 32.1 Å². The molecule has 3 N–H and O–H groups in total. The van der Waals surface area contributed by atoms with Gasteiger partial charge in [0.25, 0.3) is 0 Å². The Labute approximate surface area is 122 Å². The van der Waals surface area contributed by atoms with E-state index in [2.05, 4.69) is 16.0 Å². The summed E-state index contributed by atoms with van der Waals surface area (Å²) >= 11 is 0. The molecule has 7 heteroatoms. The van der Waals surface area contributed by atoms with Gasteiger partial charge in [-0.2, -0.15) is 0 Å². The number of benzene rings is 1. The second-order valence-corrected chi connectivity index (χ2v) is 4.93. The van der Waals surface area contributed by atoms with E-state index in [4.69, 9.17) is 9.47 Å². The number of rotatable bonds is 3. The van der Waals surface area contributed by atoms with E-state index in [0.717, 1.165) is 11.3 Å². The van der Waals surface area contributed by atoms with E-state index in [9.17, 15) is 9.59 Å². The van der Waals surface area contributed by atoms with Crippen LogP contribution in [0.1, 0.15) is 5.56 Å². The van der Waals surface area contributed by atoms with Crippen LogP contribution >= 0.6 is 0 Å². The summed E-state index contributed by atoms with van der Waals surface area (Å²) < 4.78 is 10.9. The molecule has 21 heavy (non-hydrogen) atoms. The SMILES string of the molecule is O=C1CNC(C(=O)NCc2ccc3c(c2)OCCO3)CN1. The first-order valence-electron chi connectivity index (χ1n) is 6.89. The summed E-state index contributed by atoms with van der Waals surface area (Å²) in [5.41, 5.74) is 0.937. The molecule has 0 spiro atoms. The van der Waals surface area contributed by atoms with Crippen molar-refractivity contribution in [3.63, 3.8) is 0 Å². The summed E-state index contributed by atoms with van der Waals surface area (Å²) in [5.74, 6) is 1.21. The molecule has 3 rings (SSSR count). The molecule has 1 aromatic carbocycles. The van der Waals surface area contributed by atoms with Crippen molar-refractivity contribution < 1.29 is 19.1 Å². The van der Waals surface area contributed by atoms with Crippen molar-refractivity contribution in [1.29, 1.82) is 0 Å². The van der Waals surface area contributed by atoms with Gasteiger partial charge >= 0.3 is 0 Å². The minimum atomic E-state index is -0.389. The number of nitrogens with one attached hydrogen (secondary N) is 3. The minimum Gasteiger partial charge on any atom is -0.486 e. The highest BCUT2D eigenvalue weighted by atomic mass is 16.6. The zero-order valence-corrected chi connectivity index (χ0v) is 11.5.